The highest BCUT2D eigenvalue weighted by Crippen LogP contribution is 2.18. The minimum Gasteiger partial charge on any atom is -0.508 e. The van der Waals surface area contributed by atoms with Crippen LogP contribution in [0, 0.1) is 0 Å². The van der Waals surface area contributed by atoms with Crippen molar-refractivity contribution in [3.8, 4) is 5.75 Å². The molecule has 0 aliphatic heterocycles. The fourth-order valence-electron chi connectivity index (χ4n) is 1.99. The highest BCUT2D eigenvalue weighted by molar-refractivity contribution is 7.79. The highest BCUT2D eigenvalue weighted by atomic mass is 32.3. The molecule has 0 amide bonds. The summed E-state index contributed by atoms with van der Waals surface area (Å²) >= 11 is 0. The Bertz CT molecular complexity index is 469. The minimum atomic E-state index is -4.67. The Morgan fingerprint density at radius 3 is 1.86 bits per heavy atom. The zero-order valence-electron chi connectivity index (χ0n) is 13.2. The van der Waals surface area contributed by atoms with Crippen LogP contribution in [-0.4, -0.2) is 22.6 Å². The van der Waals surface area contributed by atoms with Crippen LogP contribution in [0.25, 0.3) is 0 Å². The lowest BCUT2D eigenvalue weighted by molar-refractivity contribution is 0.381. The number of rotatable bonds is 8. The number of phenols is 1. The standard InChI is InChI=1S/C15H24O.H3N.H2O4S/c1-2-3-4-5-6-7-8-11-14-12-9-10-13-15(14)16;;1-5(2,3)4/h9-10,12-13,16H,2-8,11H2,1H3;1H3;(H2,1,2,3,4). The predicted octanol–water partition coefficient (Wildman–Crippen LogP) is 4.19. The lowest BCUT2D eigenvalue weighted by Gasteiger charge is -2.04. The zero-order chi connectivity index (χ0) is 16.1. The van der Waals surface area contributed by atoms with Gasteiger partial charge in [-0.1, -0.05) is 63.6 Å². The first-order chi connectivity index (χ1) is 9.84. The van der Waals surface area contributed by atoms with Crippen molar-refractivity contribution in [3.05, 3.63) is 29.8 Å². The predicted molar refractivity (Wildman–Crippen MR) is 89.0 cm³/mol. The van der Waals surface area contributed by atoms with E-state index < -0.39 is 10.4 Å². The van der Waals surface area contributed by atoms with Gasteiger partial charge >= 0.3 is 10.4 Å². The van der Waals surface area contributed by atoms with E-state index in [9.17, 15) is 5.11 Å². The molecule has 6 nitrogen and oxygen atoms in total. The molecule has 22 heavy (non-hydrogen) atoms. The van der Waals surface area contributed by atoms with Gasteiger partial charge in [0.25, 0.3) is 0 Å². The van der Waals surface area contributed by atoms with Crippen molar-refractivity contribution in [1.29, 1.82) is 0 Å². The molecule has 130 valence electrons. The van der Waals surface area contributed by atoms with Gasteiger partial charge in [-0.25, -0.2) is 0 Å². The van der Waals surface area contributed by atoms with Gasteiger partial charge in [-0.2, -0.15) is 8.42 Å². The van der Waals surface area contributed by atoms with Crippen molar-refractivity contribution in [2.24, 2.45) is 0 Å². The third-order valence-electron chi connectivity index (χ3n) is 3.04. The number of benzene rings is 1. The Balaban J connectivity index is 0. The van der Waals surface area contributed by atoms with Crippen LogP contribution in [0.5, 0.6) is 5.75 Å². The van der Waals surface area contributed by atoms with Gasteiger partial charge < -0.3 is 11.3 Å². The maximum atomic E-state index is 9.58. The smallest absolute Gasteiger partial charge is 0.394 e. The van der Waals surface area contributed by atoms with Crippen molar-refractivity contribution >= 4 is 10.4 Å². The summed E-state index contributed by atoms with van der Waals surface area (Å²) in [4.78, 5) is 0. The minimum absolute atomic E-state index is 0. The van der Waals surface area contributed by atoms with E-state index in [1.807, 2.05) is 18.2 Å². The molecule has 0 bridgehead atoms. The topological polar surface area (TPSA) is 130 Å². The lowest BCUT2D eigenvalue weighted by atomic mass is 10.0. The Kier molecular flexibility index (Phi) is 14.2. The third kappa shape index (κ3) is 16.9. The maximum absolute atomic E-state index is 9.58. The molecule has 0 spiro atoms. The van der Waals surface area contributed by atoms with E-state index in [-0.39, 0.29) is 6.15 Å². The number of aromatic hydroxyl groups is 1. The zero-order valence-corrected chi connectivity index (χ0v) is 14.1. The van der Waals surface area contributed by atoms with E-state index >= 15 is 0 Å². The van der Waals surface area contributed by atoms with Crippen LogP contribution >= 0.6 is 0 Å². The second kappa shape index (κ2) is 13.5. The summed E-state index contributed by atoms with van der Waals surface area (Å²) in [5, 5.41) is 9.58. The molecule has 0 saturated heterocycles. The fraction of sp³-hybridized carbons (Fsp3) is 0.600. The van der Waals surface area contributed by atoms with E-state index in [1.54, 1.807) is 6.07 Å². The normalized spacial score (nSPS) is 10.3. The Morgan fingerprint density at radius 2 is 1.36 bits per heavy atom. The van der Waals surface area contributed by atoms with Gasteiger partial charge in [-0.3, -0.25) is 9.11 Å². The lowest BCUT2D eigenvalue weighted by Crippen LogP contribution is -1.89. The molecule has 6 N–H and O–H groups in total. The van der Waals surface area contributed by atoms with E-state index in [2.05, 4.69) is 6.92 Å². The van der Waals surface area contributed by atoms with Crippen molar-refractivity contribution in [2.75, 3.05) is 0 Å². The van der Waals surface area contributed by atoms with Crippen molar-refractivity contribution < 1.29 is 22.6 Å². The molecule has 0 aliphatic carbocycles. The van der Waals surface area contributed by atoms with Gasteiger partial charge in [0.15, 0.2) is 0 Å². The maximum Gasteiger partial charge on any atom is 0.394 e. The molecule has 1 rings (SSSR count). The molecule has 0 radical (unpaired) electrons. The summed E-state index contributed by atoms with van der Waals surface area (Å²) < 4.78 is 31.6. The summed E-state index contributed by atoms with van der Waals surface area (Å²) in [6.07, 6.45) is 10.3. The van der Waals surface area contributed by atoms with Gasteiger partial charge in [0.05, 0.1) is 0 Å². The van der Waals surface area contributed by atoms with Crippen LogP contribution < -0.4 is 6.15 Å². The van der Waals surface area contributed by atoms with E-state index in [0.717, 1.165) is 12.0 Å². The van der Waals surface area contributed by atoms with Crippen molar-refractivity contribution in [3.63, 3.8) is 0 Å². The monoisotopic (exact) mass is 335 g/mol. The van der Waals surface area contributed by atoms with Gasteiger partial charge in [0.1, 0.15) is 5.75 Å². The van der Waals surface area contributed by atoms with Gasteiger partial charge in [0.2, 0.25) is 0 Å². The molecular formula is C15H29NO5S. The van der Waals surface area contributed by atoms with E-state index in [1.165, 1.54) is 44.9 Å². The Hall–Kier alpha value is -1.15. The first-order valence-electron chi connectivity index (χ1n) is 7.31. The second-order valence-corrected chi connectivity index (χ2v) is 5.84. The number of hydrogen-bond donors (Lipinski definition) is 4. The third-order valence-corrected chi connectivity index (χ3v) is 3.04. The van der Waals surface area contributed by atoms with Crippen molar-refractivity contribution in [2.45, 2.75) is 58.3 Å². The molecule has 0 saturated carbocycles. The fourth-order valence-corrected chi connectivity index (χ4v) is 1.99. The van der Waals surface area contributed by atoms with Crippen LogP contribution in [0.4, 0.5) is 0 Å². The largest absolute Gasteiger partial charge is 0.508 e. The van der Waals surface area contributed by atoms with E-state index in [0.29, 0.717) is 5.75 Å². The molecule has 0 fully saturated rings. The number of unbranched alkanes of at least 4 members (excludes halogenated alkanes) is 6. The molecule has 1 aromatic rings. The van der Waals surface area contributed by atoms with Crippen LogP contribution in [0.3, 0.4) is 0 Å². The summed E-state index contributed by atoms with van der Waals surface area (Å²) in [5.74, 6) is 0.452. The Morgan fingerprint density at radius 1 is 0.909 bits per heavy atom. The SMILES string of the molecule is CCCCCCCCCc1ccccc1O.N.O=S(=O)(O)O. The van der Waals surface area contributed by atoms with Crippen molar-refractivity contribution in [1.82, 2.24) is 6.15 Å². The summed E-state index contributed by atoms with van der Waals surface area (Å²) in [6.45, 7) is 2.25. The number of hydrogen-bond acceptors (Lipinski definition) is 4. The molecule has 1 aromatic carbocycles. The van der Waals surface area contributed by atoms with Crippen LogP contribution in [0.1, 0.15) is 57.4 Å². The van der Waals surface area contributed by atoms with Crippen LogP contribution in [0.15, 0.2) is 24.3 Å². The second-order valence-electron chi connectivity index (χ2n) is 4.95. The van der Waals surface area contributed by atoms with Gasteiger partial charge in [0, 0.05) is 0 Å². The van der Waals surface area contributed by atoms with Gasteiger partial charge in [-0.15, -0.1) is 0 Å². The molecule has 0 atom stereocenters. The first kappa shape index (κ1) is 23.1. The van der Waals surface area contributed by atoms with Crippen LogP contribution in [0.2, 0.25) is 0 Å². The molecular weight excluding hydrogens is 306 g/mol. The van der Waals surface area contributed by atoms with Crippen LogP contribution in [-0.2, 0) is 16.8 Å². The molecule has 0 heterocycles. The highest BCUT2D eigenvalue weighted by Gasteiger charge is 1.98. The molecule has 7 heteroatoms. The number of aryl methyl sites for hydroxylation is 1. The number of phenolic OH excluding ortho intramolecular Hbond substituents is 1. The number of para-hydroxylation sites is 1. The first-order valence-corrected chi connectivity index (χ1v) is 8.71. The van der Waals surface area contributed by atoms with E-state index in [4.69, 9.17) is 17.5 Å². The average Bonchev–Trinajstić information content (AvgIpc) is 2.38. The summed E-state index contributed by atoms with van der Waals surface area (Å²) in [5.41, 5.74) is 1.09. The summed E-state index contributed by atoms with van der Waals surface area (Å²) in [6, 6.07) is 7.67. The molecule has 0 aromatic heterocycles. The summed E-state index contributed by atoms with van der Waals surface area (Å²) in [7, 11) is -4.67. The average molecular weight is 335 g/mol. The Labute approximate surface area is 133 Å². The molecule has 0 aliphatic rings. The quantitative estimate of drug-likeness (QED) is 0.416. The molecule has 0 unspecified atom stereocenters. The van der Waals surface area contributed by atoms with Gasteiger partial charge in [-0.05, 0) is 24.5 Å².